The number of ether oxygens (including phenoxy) is 1. The highest BCUT2D eigenvalue weighted by molar-refractivity contribution is 5.93. The summed E-state index contributed by atoms with van der Waals surface area (Å²) < 4.78 is 18.7. The SMILES string of the molecule is NC(=O)c1ccc(-c2ccc(C3CCN(C(=O)CCOc4cccc(F)c4)CC3)nc2)cc1. The fourth-order valence-electron chi connectivity index (χ4n) is 4.04. The van der Waals surface area contributed by atoms with E-state index < -0.39 is 5.91 Å². The largest absolute Gasteiger partial charge is 0.493 e. The predicted molar refractivity (Wildman–Crippen MR) is 123 cm³/mol. The Labute approximate surface area is 192 Å². The van der Waals surface area contributed by atoms with Crippen LogP contribution in [0.5, 0.6) is 5.75 Å². The first-order chi connectivity index (χ1) is 16.0. The standard InChI is InChI=1S/C26H26FN3O3/c27-22-2-1-3-23(16-22)33-15-12-25(31)30-13-10-19(11-14-30)24-9-8-21(17-29-24)18-4-6-20(7-5-18)26(28)32/h1-9,16-17,19H,10-15H2,(H2,28,32). The van der Waals surface area contributed by atoms with Crippen molar-refractivity contribution in [3.63, 3.8) is 0 Å². The Morgan fingerprint density at radius 2 is 1.76 bits per heavy atom. The molecule has 1 aliphatic rings. The van der Waals surface area contributed by atoms with Crippen LogP contribution in [-0.4, -0.2) is 41.4 Å². The zero-order valence-corrected chi connectivity index (χ0v) is 18.2. The van der Waals surface area contributed by atoms with Crippen molar-refractivity contribution in [2.45, 2.75) is 25.2 Å². The highest BCUT2D eigenvalue weighted by Gasteiger charge is 2.24. The summed E-state index contributed by atoms with van der Waals surface area (Å²) in [6.07, 6.45) is 3.82. The fourth-order valence-corrected chi connectivity index (χ4v) is 4.04. The molecule has 6 nitrogen and oxygen atoms in total. The summed E-state index contributed by atoms with van der Waals surface area (Å²) >= 11 is 0. The van der Waals surface area contributed by atoms with Crippen molar-refractivity contribution in [1.82, 2.24) is 9.88 Å². The molecule has 1 aliphatic heterocycles. The minimum atomic E-state index is -0.445. The second-order valence-electron chi connectivity index (χ2n) is 8.12. The monoisotopic (exact) mass is 447 g/mol. The third kappa shape index (κ3) is 5.74. The van der Waals surface area contributed by atoms with Crippen LogP contribution >= 0.6 is 0 Å². The molecule has 0 unspecified atom stereocenters. The van der Waals surface area contributed by atoms with Gasteiger partial charge in [-0.15, -0.1) is 0 Å². The molecule has 2 heterocycles. The van der Waals surface area contributed by atoms with E-state index in [0.29, 0.717) is 30.3 Å². The molecule has 170 valence electrons. The van der Waals surface area contributed by atoms with Crippen LogP contribution < -0.4 is 10.5 Å². The number of pyridine rings is 1. The minimum absolute atomic E-state index is 0.0487. The van der Waals surface area contributed by atoms with Gasteiger partial charge in [-0.1, -0.05) is 24.3 Å². The van der Waals surface area contributed by atoms with Crippen LogP contribution in [0.3, 0.4) is 0 Å². The summed E-state index contributed by atoms with van der Waals surface area (Å²) in [5.41, 5.74) is 8.74. The second-order valence-corrected chi connectivity index (χ2v) is 8.12. The Morgan fingerprint density at radius 1 is 1.03 bits per heavy atom. The van der Waals surface area contributed by atoms with Crippen LogP contribution in [0.25, 0.3) is 11.1 Å². The number of nitrogens with zero attached hydrogens (tertiary/aromatic N) is 2. The van der Waals surface area contributed by atoms with Crippen molar-refractivity contribution in [2.24, 2.45) is 5.73 Å². The van der Waals surface area contributed by atoms with Gasteiger partial charge in [0.25, 0.3) is 0 Å². The molecule has 2 amide bonds. The van der Waals surface area contributed by atoms with E-state index >= 15 is 0 Å². The van der Waals surface area contributed by atoms with Gasteiger partial charge in [-0.2, -0.15) is 0 Å². The number of aromatic nitrogens is 1. The van der Waals surface area contributed by atoms with Gasteiger partial charge in [0.1, 0.15) is 11.6 Å². The molecule has 0 atom stereocenters. The lowest BCUT2D eigenvalue weighted by Gasteiger charge is -2.32. The number of likely N-dealkylation sites (tertiary alicyclic amines) is 1. The molecule has 3 aromatic rings. The van der Waals surface area contributed by atoms with Crippen LogP contribution in [-0.2, 0) is 4.79 Å². The topological polar surface area (TPSA) is 85.5 Å². The van der Waals surface area contributed by atoms with E-state index in [1.807, 2.05) is 35.4 Å². The maximum atomic E-state index is 13.2. The molecule has 1 aromatic heterocycles. The molecule has 0 aliphatic carbocycles. The van der Waals surface area contributed by atoms with E-state index in [9.17, 15) is 14.0 Å². The number of carbonyl (C=O) groups excluding carboxylic acids is 2. The van der Waals surface area contributed by atoms with E-state index in [1.165, 1.54) is 12.1 Å². The molecule has 2 N–H and O–H groups in total. The number of benzene rings is 2. The number of hydrogen-bond donors (Lipinski definition) is 1. The lowest BCUT2D eigenvalue weighted by molar-refractivity contribution is -0.132. The van der Waals surface area contributed by atoms with Crippen molar-refractivity contribution in [1.29, 1.82) is 0 Å². The number of carbonyl (C=O) groups is 2. The fraction of sp³-hybridized carbons (Fsp3) is 0.269. The van der Waals surface area contributed by atoms with Gasteiger partial charge < -0.3 is 15.4 Å². The van der Waals surface area contributed by atoms with Crippen LogP contribution in [0.4, 0.5) is 4.39 Å². The zero-order chi connectivity index (χ0) is 23.2. The summed E-state index contributed by atoms with van der Waals surface area (Å²) in [5.74, 6) is -0.0150. The Kier molecular flexibility index (Phi) is 6.98. The summed E-state index contributed by atoms with van der Waals surface area (Å²) in [5, 5.41) is 0. The van der Waals surface area contributed by atoms with Crippen LogP contribution in [0.15, 0.2) is 66.9 Å². The second kappa shape index (κ2) is 10.3. The number of hydrogen-bond acceptors (Lipinski definition) is 4. The molecular weight excluding hydrogens is 421 g/mol. The zero-order valence-electron chi connectivity index (χ0n) is 18.2. The van der Waals surface area contributed by atoms with Crippen LogP contribution in [0.1, 0.15) is 41.2 Å². The van der Waals surface area contributed by atoms with Crippen molar-refractivity contribution in [2.75, 3.05) is 19.7 Å². The number of amides is 2. The molecule has 0 radical (unpaired) electrons. The normalized spacial score (nSPS) is 14.2. The maximum Gasteiger partial charge on any atom is 0.248 e. The van der Waals surface area contributed by atoms with E-state index in [0.717, 1.165) is 29.7 Å². The predicted octanol–water partition coefficient (Wildman–Crippen LogP) is 4.16. The molecule has 1 saturated heterocycles. The lowest BCUT2D eigenvalue weighted by atomic mass is 9.92. The Hall–Kier alpha value is -3.74. The highest BCUT2D eigenvalue weighted by Crippen LogP contribution is 2.28. The first-order valence-electron chi connectivity index (χ1n) is 11.0. The number of nitrogens with two attached hydrogens (primary N) is 1. The van der Waals surface area contributed by atoms with E-state index in [4.69, 9.17) is 10.5 Å². The molecule has 1 fully saturated rings. The van der Waals surface area contributed by atoms with Gasteiger partial charge >= 0.3 is 0 Å². The first kappa shape index (κ1) is 22.5. The van der Waals surface area contributed by atoms with Crippen molar-refractivity contribution >= 4 is 11.8 Å². The number of rotatable bonds is 7. The molecule has 0 saturated carbocycles. The van der Waals surface area contributed by atoms with Gasteiger partial charge in [-0.25, -0.2) is 4.39 Å². The highest BCUT2D eigenvalue weighted by atomic mass is 19.1. The van der Waals surface area contributed by atoms with Crippen molar-refractivity contribution in [3.8, 4) is 16.9 Å². The molecule has 4 rings (SSSR count). The molecule has 33 heavy (non-hydrogen) atoms. The van der Waals surface area contributed by atoms with E-state index in [-0.39, 0.29) is 24.8 Å². The van der Waals surface area contributed by atoms with Crippen LogP contribution in [0, 0.1) is 5.82 Å². The van der Waals surface area contributed by atoms with E-state index in [2.05, 4.69) is 4.98 Å². The van der Waals surface area contributed by atoms with Crippen molar-refractivity contribution in [3.05, 3.63) is 83.9 Å². The minimum Gasteiger partial charge on any atom is -0.493 e. The summed E-state index contributed by atoms with van der Waals surface area (Å²) in [4.78, 5) is 30.2. The molecule has 7 heteroatoms. The van der Waals surface area contributed by atoms with Gasteiger partial charge in [0.15, 0.2) is 0 Å². The van der Waals surface area contributed by atoms with Gasteiger partial charge in [-0.05, 0) is 48.7 Å². The summed E-state index contributed by atoms with van der Waals surface area (Å²) in [7, 11) is 0. The van der Waals surface area contributed by atoms with E-state index in [1.54, 1.807) is 24.3 Å². The maximum absolute atomic E-state index is 13.2. The third-order valence-corrected chi connectivity index (χ3v) is 5.94. The third-order valence-electron chi connectivity index (χ3n) is 5.94. The molecular formula is C26H26FN3O3. The first-order valence-corrected chi connectivity index (χ1v) is 11.0. The number of piperidine rings is 1. The number of halogens is 1. The van der Waals surface area contributed by atoms with Gasteiger partial charge in [-0.3, -0.25) is 14.6 Å². The van der Waals surface area contributed by atoms with Gasteiger partial charge in [0.05, 0.1) is 13.0 Å². The summed E-state index contributed by atoms with van der Waals surface area (Å²) in [6.45, 7) is 1.59. The number of primary amides is 1. The Bertz CT molecular complexity index is 1110. The lowest BCUT2D eigenvalue weighted by Crippen LogP contribution is -2.38. The Morgan fingerprint density at radius 3 is 2.39 bits per heavy atom. The van der Waals surface area contributed by atoms with Gasteiger partial charge in [0, 0.05) is 48.1 Å². The molecule has 2 aromatic carbocycles. The van der Waals surface area contributed by atoms with Crippen molar-refractivity contribution < 1.29 is 18.7 Å². The molecule has 0 spiro atoms. The average molecular weight is 448 g/mol. The van der Waals surface area contributed by atoms with Crippen LogP contribution in [0.2, 0.25) is 0 Å². The average Bonchev–Trinajstić information content (AvgIpc) is 2.84. The smallest absolute Gasteiger partial charge is 0.248 e. The Balaban J connectivity index is 1.26. The quantitative estimate of drug-likeness (QED) is 0.589. The van der Waals surface area contributed by atoms with Gasteiger partial charge in [0.2, 0.25) is 11.8 Å². The molecule has 0 bridgehead atoms. The summed E-state index contributed by atoms with van der Waals surface area (Å²) in [6, 6.07) is 17.1.